The number of aromatic hydroxyl groups is 1. The first kappa shape index (κ1) is 14.3. The first-order valence-corrected chi connectivity index (χ1v) is 7.13. The van der Waals surface area contributed by atoms with E-state index in [0.717, 1.165) is 5.56 Å². The minimum atomic E-state index is -0.0113. The van der Waals surface area contributed by atoms with Gasteiger partial charge in [0.2, 0.25) is 0 Å². The highest BCUT2D eigenvalue weighted by Gasteiger charge is 2.18. The molecule has 0 unspecified atom stereocenters. The molecule has 2 aromatic heterocycles. The van der Waals surface area contributed by atoms with Crippen LogP contribution in [0.5, 0.6) is 5.75 Å². The molecule has 0 atom stereocenters. The summed E-state index contributed by atoms with van der Waals surface area (Å²) in [6.45, 7) is 6.38. The number of pyridine rings is 1. The van der Waals surface area contributed by atoms with E-state index in [1.807, 2.05) is 30.3 Å². The van der Waals surface area contributed by atoms with Crippen molar-refractivity contribution in [1.29, 1.82) is 0 Å². The number of hydrogen-bond acceptors (Lipinski definition) is 4. The van der Waals surface area contributed by atoms with Gasteiger partial charge in [0.25, 0.3) is 0 Å². The summed E-state index contributed by atoms with van der Waals surface area (Å²) < 4.78 is 0. The van der Waals surface area contributed by atoms with Crippen LogP contribution in [0.4, 0.5) is 0 Å². The van der Waals surface area contributed by atoms with Crippen LogP contribution in [-0.4, -0.2) is 25.3 Å². The molecule has 0 bridgehead atoms. The summed E-state index contributed by atoms with van der Waals surface area (Å²) in [5.74, 6) is 1.21. The van der Waals surface area contributed by atoms with Gasteiger partial charge in [0.1, 0.15) is 11.4 Å². The van der Waals surface area contributed by atoms with E-state index in [9.17, 15) is 5.11 Å². The standard InChI is InChI=1S/C17H18N4O/c1-17(2,3)11-7-8-14(22)12(10-11)15-19-16(21-20-15)13-6-4-5-9-18-13/h4-10,22H,1-3H3,(H,19,20,21). The minimum Gasteiger partial charge on any atom is -0.507 e. The highest BCUT2D eigenvalue weighted by molar-refractivity contribution is 5.66. The number of nitrogens with zero attached hydrogens (tertiary/aromatic N) is 3. The number of nitrogens with one attached hydrogen (secondary N) is 1. The minimum absolute atomic E-state index is 0.0113. The number of phenolic OH excluding ortho intramolecular Hbond substituents is 1. The number of aromatic amines is 1. The molecular formula is C17H18N4O. The molecule has 0 aliphatic heterocycles. The van der Waals surface area contributed by atoms with Crippen molar-refractivity contribution in [2.75, 3.05) is 0 Å². The zero-order chi connectivity index (χ0) is 15.7. The Bertz CT molecular complexity index is 788. The van der Waals surface area contributed by atoms with Crippen LogP contribution >= 0.6 is 0 Å². The fourth-order valence-corrected chi connectivity index (χ4v) is 2.18. The van der Waals surface area contributed by atoms with E-state index in [2.05, 4.69) is 40.9 Å². The van der Waals surface area contributed by atoms with Gasteiger partial charge in [0.15, 0.2) is 11.6 Å². The van der Waals surface area contributed by atoms with Crippen LogP contribution in [0.15, 0.2) is 42.6 Å². The molecule has 0 radical (unpaired) electrons. The van der Waals surface area contributed by atoms with Crippen molar-refractivity contribution in [2.45, 2.75) is 26.2 Å². The summed E-state index contributed by atoms with van der Waals surface area (Å²) >= 11 is 0. The fraction of sp³-hybridized carbons (Fsp3) is 0.235. The molecule has 0 saturated heterocycles. The van der Waals surface area contributed by atoms with Gasteiger partial charge in [-0.25, -0.2) is 4.98 Å². The zero-order valence-corrected chi connectivity index (χ0v) is 12.8. The van der Waals surface area contributed by atoms with Gasteiger partial charge in [0, 0.05) is 6.20 Å². The molecule has 0 aliphatic rings. The van der Waals surface area contributed by atoms with Crippen molar-refractivity contribution in [3.8, 4) is 28.7 Å². The largest absolute Gasteiger partial charge is 0.507 e. The smallest absolute Gasteiger partial charge is 0.185 e. The van der Waals surface area contributed by atoms with Crippen molar-refractivity contribution >= 4 is 0 Å². The molecule has 1 aromatic carbocycles. The Kier molecular flexibility index (Phi) is 3.41. The van der Waals surface area contributed by atoms with E-state index < -0.39 is 0 Å². The zero-order valence-electron chi connectivity index (χ0n) is 12.8. The van der Waals surface area contributed by atoms with E-state index >= 15 is 0 Å². The van der Waals surface area contributed by atoms with E-state index in [1.54, 1.807) is 12.3 Å². The molecule has 112 valence electrons. The predicted octanol–water partition coefficient (Wildman–Crippen LogP) is 3.54. The van der Waals surface area contributed by atoms with Gasteiger partial charge in [0.05, 0.1) is 5.56 Å². The maximum atomic E-state index is 10.1. The molecule has 3 aromatic rings. The molecule has 0 amide bonds. The second-order valence-corrected chi connectivity index (χ2v) is 6.20. The van der Waals surface area contributed by atoms with Crippen LogP contribution in [0, 0.1) is 0 Å². The third kappa shape index (κ3) is 2.70. The van der Waals surface area contributed by atoms with Crippen molar-refractivity contribution in [1.82, 2.24) is 20.2 Å². The van der Waals surface area contributed by atoms with E-state index in [0.29, 0.717) is 22.9 Å². The Labute approximate surface area is 129 Å². The van der Waals surface area contributed by atoms with E-state index in [-0.39, 0.29) is 11.2 Å². The second-order valence-electron chi connectivity index (χ2n) is 6.20. The van der Waals surface area contributed by atoms with E-state index in [4.69, 9.17) is 0 Å². The van der Waals surface area contributed by atoms with Crippen molar-refractivity contribution in [3.05, 3.63) is 48.2 Å². The topological polar surface area (TPSA) is 74.7 Å². The third-order valence-electron chi connectivity index (χ3n) is 3.50. The lowest BCUT2D eigenvalue weighted by Crippen LogP contribution is -2.10. The Balaban J connectivity index is 2.04. The SMILES string of the molecule is CC(C)(C)c1ccc(O)c(-c2n[nH]c(-c3ccccn3)n2)c1. The Hall–Kier alpha value is -2.69. The number of phenols is 1. The lowest BCUT2D eigenvalue weighted by molar-refractivity contribution is 0.475. The predicted molar refractivity (Wildman–Crippen MR) is 85.4 cm³/mol. The fourth-order valence-electron chi connectivity index (χ4n) is 2.18. The third-order valence-corrected chi connectivity index (χ3v) is 3.50. The first-order valence-electron chi connectivity index (χ1n) is 7.13. The molecule has 0 fully saturated rings. The van der Waals surface area contributed by atoms with Gasteiger partial charge < -0.3 is 5.11 Å². The number of H-pyrrole nitrogens is 1. The molecule has 22 heavy (non-hydrogen) atoms. The second kappa shape index (κ2) is 5.26. The maximum Gasteiger partial charge on any atom is 0.185 e. The molecule has 2 N–H and O–H groups in total. The highest BCUT2D eigenvalue weighted by atomic mass is 16.3. The van der Waals surface area contributed by atoms with Crippen LogP contribution in [0.2, 0.25) is 0 Å². The van der Waals surface area contributed by atoms with Gasteiger partial charge in [-0.15, -0.1) is 0 Å². The van der Waals surface area contributed by atoms with Gasteiger partial charge >= 0.3 is 0 Å². The quantitative estimate of drug-likeness (QED) is 0.758. The average molecular weight is 294 g/mol. The highest BCUT2D eigenvalue weighted by Crippen LogP contribution is 2.32. The van der Waals surface area contributed by atoms with Crippen LogP contribution in [0.1, 0.15) is 26.3 Å². The van der Waals surface area contributed by atoms with Gasteiger partial charge in [-0.1, -0.05) is 32.9 Å². The lowest BCUT2D eigenvalue weighted by Gasteiger charge is -2.19. The molecule has 5 heteroatoms. The van der Waals surface area contributed by atoms with Gasteiger partial charge in [-0.3, -0.25) is 10.1 Å². The summed E-state index contributed by atoms with van der Waals surface area (Å²) in [6, 6.07) is 11.1. The van der Waals surface area contributed by atoms with Gasteiger partial charge in [-0.2, -0.15) is 5.10 Å². The number of rotatable bonds is 2. The summed E-state index contributed by atoms with van der Waals surface area (Å²) in [6.07, 6.45) is 1.70. The molecule has 2 heterocycles. The lowest BCUT2D eigenvalue weighted by atomic mass is 9.86. The van der Waals surface area contributed by atoms with E-state index in [1.165, 1.54) is 0 Å². The molecule has 3 rings (SSSR count). The first-order chi connectivity index (χ1) is 10.4. The van der Waals surface area contributed by atoms with Crippen LogP contribution in [0.25, 0.3) is 22.9 Å². The Morgan fingerprint density at radius 3 is 2.59 bits per heavy atom. The summed E-state index contributed by atoms with van der Waals surface area (Å²) in [4.78, 5) is 8.68. The number of hydrogen-bond donors (Lipinski definition) is 2. The van der Waals surface area contributed by atoms with Crippen molar-refractivity contribution < 1.29 is 5.11 Å². The normalized spacial score (nSPS) is 11.6. The van der Waals surface area contributed by atoms with Crippen LogP contribution < -0.4 is 0 Å². The number of benzene rings is 1. The summed E-state index contributed by atoms with van der Waals surface area (Å²) in [7, 11) is 0. The molecule has 5 nitrogen and oxygen atoms in total. The van der Waals surface area contributed by atoms with Gasteiger partial charge in [-0.05, 0) is 35.2 Å². The Morgan fingerprint density at radius 2 is 1.91 bits per heavy atom. The summed E-state index contributed by atoms with van der Waals surface area (Å²) in [5, 5.41) is 17.2. The molecular weight excluding hydrogens is 276 g/mol. The van der Waals surface area contributed by atoms with Crippen LogP contribution in [-0.2, 0) is 5.41 Å². The molecule has 0 saturated carbocycles. The van der Waals surface area contributed by atoms with Crippen molar-refractivity contribution in [2.24, 2.45) is 0 Å². The average Bonchev–Trinajstić information content (AvgIpc) is 2.97. The molecule has 0 aliphatic carbocycles. The summed E-state index contributed by atoms with van der Waals surface area (Å²) in [5.41, 5.74) is 2.44. The monoisotopic (exact) mass is 294 g/mol. The maximum absolute atomic E-state index is 10.1. The number of aromatic nitrogens is 4. The Morgan fingerprint density at radius 1 is 1.09 bits per heavy atom. The molecule has 0 spiro atoms. The van der Waals surface area contributed by atoms with Crippen molar-refractivity contribution in [3.63, 3.8) is 0 Å². The van der Waals surface area contributed by atoms with Crippen LogP contribution in [0.3, 0.4) is 0 Å².